The van der Waals surface area contributed by atoms with Crippen LogP contribution >= 0.6 is 11.8 Å². The molecule has 0 unspecified atom stereocenters. The molecule has 21 heavy (non-hydrogen) atoms. The van der Waals surface area contributed by atoms with E-state index in [2.05, 4.69) is 10.6 Å². The molecule has 0 fully saturated rings. The number of carbonyl (C=O) groups excluding carboxylic acids is 2. The Morgan fingerprint density at radius 1 is 0.810 bits per heavy atom. The number of fused-ring (bicyclic) bond motifs is 4. The van der Waals surface area contributed by atoms with Gasteiger partial charge in [-0.05, 0) is 24.3 Å². The van der Waals surface area contributed by atoms with E-state index in [0.29, 0.717) is 24.6 Å². The molecule has 7 heteroatoms. The topological polar surface area (TPSA) is 84.5 Å². The molecule has 0 radical (unpaired) electrons. The van der Waals surface area contributed by atoms with Crippen LogP contribution in [0.5, 0.6) is 0 Å². The van der Waals surface area contributed by atoms with Gasteiger partial charge in [-0.15, -0.1) is 11.8 Å². The van der Waals surface area contributed by atoms with Gasteiger partial charge in [-0.3, -0.25) is 9.59 Å². The van der Waals surface area contributed by atoms with Gasteiger partial charge in [-0.25, -0.2) is 0 Å². The van der Waals surface area contributed by atoms with E-state index in [0.717, 1.165) is 11.5 Å². The van der Waals surface area contributed by atoms with Crippen LogP contribution < -0.4 is 10.6 Å². The minimum Gasteiger partial charge on any atom is -0.455 e. The third-order valence-electron chi connectivity index (χ3n) is 2.96. The highest BCUT2D eigenvalue weighted by molar-refractivity contribution is 7.97. The summed E-state index contributed by atoms with van der Waals surface area (Å²) in [6.45, 7) is 0.645. The fraction of sp³-hybridized carbons (Fsp3) is 0.286. The number of carbonyl (C=O) groups is 2. The normalized spacial score (nSPS) is 16.6. The van der Waals surface area contributed by atoms with Gasteiger partial charge in [0.05, 0.1) is 11.5 Å². The number of furan rings is 2. The van der Waals surface area contributed by atoms with Crippen molar-refractivity contribution in [1.82, 2.24) is 10.6 Å². The molecule has 110 valence electrons. The summed E-state index contributed by atoms with van der Waals surface area (Å²) < 4.78 is 11.0. The molecule has 2 aromatic heterocycles. The van der Waals surface area contributed by atoms with Crippen molar-refractivity contribution in [2.75, 3.05) is 13.1 Å². The monoisotopic (exact) mass is 306 g/mol. The van der Waals surface area contributed by atoms with E-state index < -0.39 is 0 Å². The number of hydrogen-bond acceptors (Lipinski definition) is 5. The van der Waals surface area contributed by atoms with Gasteiger partial charge in [-0.1, -0.05) is 0 Å². The molecule has 0 saturated heterocycles. The summed E-state index contributed by atoms with van der Waals surface area (Å²) in [6.07, 6.45) is 0. The smallest absolute Gasteiger partial charge is 0.287 e. The van der Waals surface area contributed by atoms with Crippen molar-refractivity contribution >= 4 is 23.6 Å². The Bertz CT molecular complexity index is 605. The molecule has 3 heterocycles. The van der Waals surface area contributed by atoms with Crippen molar-refractivity contribution < 1.29 is 18.4 Å². The first-order valence-corrected chi connectivity index (χ1v) is 7.69. The highest BCUT2D eigenvalue weighted by atomic mass is 32.2. The van der Waals surface area contributed by atoms with Gasteiger partial charge in [0.2, 0.25) is 0 Å². The van der Waals surface area contributed by atoms with Crippen LogP contribution in [0.3, 0.4) is 0 Å². The highest BCUT2D eigenvalue weighted by Crippen LogP contribution is 2.21. The molecule has 0 atom stereocenters. The van der Waals surface area contributed by atoms with Crippen LogP contribution in [0.2, 0.25) is 0 Å². The maximum absolute atomic E-state index is 11.8. The molecular formula is C14H14N2O4S. The van der Waals surface area contributed by atoms with Crippen molar-refractivity contribution in [2.45, 2.75) is 11.5 Å². The van der Waals surface area contributed by atoms with Crippen LogP contribution in [0.25, 0.3) is 0 Å². The van der Waals surface area contributed by atoms with Crippen molar-refractivity contribution in [3.8, 4) is 0 Å². The van der Waals surface area contributed by atoms with Gasteiger partial charge >= 0.3 is 0 Å². The molecule has 0 spiro atoms. The average molecular weight is 306 g/mol. The molecule has 1 aliphatic rings. The van der Waals surface area contributed by atoms with Crippen LogP contribution in [-0.4, -0.2) is 24.9 Å². The second kappa shape index (κ2) is 6.09. The quantitative estimate of drug-likeness (QED) is 0.775. The predicted molar refractivity (Wildman–Crippen MR) is 77.1 cm³/mol. The van der Waals surface area contributed by atoms with Crippen LogP contribution in [0.1, 0.15) is 32.6 Å². The van der Waals surface area contributed by atoms with Crippen LogP contribution in [-0.2, 0) is 11.5 Å². The lowest BCUT2D eigenvalue weighted by molar-refractivity contribution is 0.0899. The summed E-state index contributed by atoms with van der Waals surface area (Å²) in [7, 11) is 0. The Balaban J connectivity index is 1.76. The summed E-state index contributed by atoms with van der Waals surface area (Å²) in [6, 6.07) is 6.90. The maximum atomic E-state index is 11.8. The minimum atomic E-state index is -0.282. The van der Waals surface area contributed by atoms with Gasteiger partial charge in [0.15, 0.2) is 11.5 Å². The van der Waals surface area contributed by atoms with Crippen molar-refractivity contribution in [3.63, 3.8) is 0 Å². The molecule has 0 aromatic carbocycles. The first-order chi connectivity index (χ1) is 10.2. The van der Waals surface area contributed by atoms with E-state index >= 15 is 0 Å². The molecular weight excluding hydrogens is 292 g/mol. The predicted octanol–water partition coefficient (Wildman–Crippen LogP) is 1.78. The number of thioether (sulfide) groups is 1. The Labute approximate surface area is 125 Å². The average Bonchev–Trinajstić information content (AvgIpc) is 3.11. The minimum absolute atomic E-state index is 0.282. The molecule has 2 N–H and O–H groups in total. The van der Waals surface area contributed by atoms with E-state index in [-0.39, 0.29) is 23.3 Å². The second-order valence-corrected chi connectivity index (χ2v) is 5.52. The summed E-state index contributed by atoms with van der Waals surface area (Å²) in [5, 5.41) is 5.37. The number of nitrogens with one attached hydrogen (secondary N) is 2. The van der Waals surface area contributed by atoms with Crippen molar-refractivity contribution in [2.24, 2.45) is 0 Å². The summed E-state index contributed by atoms with van der Waals surface area (Å²) in [5.41, 5.74) is 0. The summed E-state index contributed by atoms with van der Waals surface area (Å²) in [5.74, 6) is 2.75. The lowest BCUT2D eigenvalue weighted by Crippen LogP contribution is -2.34. The van der Waals surface area contributed by atoms with E-state index in [1.54, 1.807) is 36.0 Å². The molecule has 6 nitrogen and oxygen atoms in total. The SMILES string of the molecule is O=C1NCCNC(=O)c2ccc(o2)CSCc2ccc1o2. The fourth-order valence-electron chi connectivity index (χ4n) is 1.93. The first kappa shape index (κ1) is 13.8. The zero-order chi connectivity index (χ0) is 14.7. The summed E-state index contributed by atoms with van der Waals surface area (Å²) >= 11 is 1.59. The molecule has 0 saturated carbocycles. The lowest BCUT2D eigenvalue weighted by atomic mass is 10.4. The van der Waals surface area contributed by atoms with E-state index in [1.165, 1.54) is 0 Å². The number of rotatable bonds is 0. The third kappa shape index (κ3) is 3.30. The summed E-state index contributed by atoms with van der Waals surface area (Å²) in [4.78, 5) is 23.6. The number of amides is 2. The van der Waals surface area contributed by atoms with Crippen molar-refractivity contribution in [1.29, 1.82) is 0 Å². The van der Waals surface area contributed by atoms with Gasteiger partial charge < -0.3 is 19.5 Å². The third-order valence-corrected chi connectivity index (χ3v) is 3.93. The lowest BCUT2D eigenvalue weighted by Gasteiger charge is -2.04. The standard InChI is InChI=1S/C14H14N2O4S/c17-13-11-3-1-9(19-11)7-21-8-10-2-4-12(20-10)14(18)16-6-5-15-13/h1-4H,5-8H2,(H,15,17)(H,16,18). The second-order valence-electron chi connectivity index (χ2n) is 4.54. The Morgan fingerprint density at radius 3 is 1.76 bits per heavy atom. The molecule has 2 amide bonds. The largest absolute Gasteiger partial charge is 0.455 e. The van der Waals surface area contributed by atoms with Crippen LogP contribution in [0.4, 0.5) is 0 Å². The molecule has 4 bridgehead atoms. The Morgan fingerprint density at radius 2 is 1.29 bits per heavy atom. The molecule has 2 aromatic rings. The molecule has 0 aliphatic carbocycles. The van der Waals surface area contributed by atoms with Gasteiger partial charge in [0.25, 0.3) is 11.8 Å². The molecule has 3 rings (SSSR count). The zero-order valence-corrected chi connectivity index (χ0v) is 12.0. The van der Waals surface area contributed by atoms with Crippen LogP contribution in [0.15, 0.2) is 33.1 Å². The maximum Gasteiger partial charge on any atom is 0.287 e. The fourth-order valence-corrected chi connectivity index (χ4v) is 2.75. The van der Waals surface area contributed by atoms with Gasteiger partial charge in [0.1, 0.15) is 11.5 Å². The van der Waals surface area contributed by atoms with E-state index in [9.17, 15) is 9.59 Å². The Hall–Kier alpha value is -2.15. The van der Waals surface area contributed by atoms with Crippen molar-refractivity contribution in [3.05, 3.63) is 47.3 Å². The van der Waals surface area contributed by atoms with Gasteiger partial charge in [0, 0.05) is 13.1 Å². The van der Waals surface area contributed by atoms with E-state index in [4.69, 9.17) is 8.83 Å². The number of hydrogen-bond donors (Lipinski definition) is 2. The van der Waals surface area contributed by atoms with Gasteiger partial charge in [-0.2, -0.15) is 0 Å². The highest BCUT2D eigenvalue weighted by Gasteiger charge is 2.14. The molecule has 1 aliphatic heterocycles. The van der Waals surface area contributed by atoms with E-state index in [1.807, 2.05) is 0 Å². The Kier molecular flexibility index (Phi) is 4.01. The zero-order valence-electron chi connectivity index (χ0n) is 11.2. The first-order valence-electron chi connectivity index (χ1n) is 6.54. The van der Waals surface area contributed by atoms with Crippen LogP contribution in [0, 0.1) is 0 Å².